The van der Waals surface area contributed by atoms with Crippen LogP contribution >= 0.6 is 0 Å². The van der Waals surface area contributed by atoms with Crippen LogP contribution in [0, 0.1) is 18.7 Å². The summed E-state index contributed by atoms with van der Waals surface area (Å²) in [6, 6.07) is 6.26. The predicted molar refractivity (Wildman–Crippen MR) is 87.8 cm³/mol. The molecule has 1 aliphatic rings. The number of aromatic nitrogens is 1. The summed E-state index contributed by atoms with van der Waals surface area (Å²) in [7, 11) is -3.76. The van der Waals surface area contributed by atoms with Crippen LogP contribution < -0.4 is 5.32 Å². The molecule has 2 heterocycles. The second-order valence-corrected chi connectivity index (χ2v) is 7.91. The van der Waals surface area contributed by atoms with Crippen molar-refractivity contribution in [3.8, 4) is 0 Å². The smallest absolute Gasteiger partial charge is 0.243 e. The van der Waals surface area contributed by atoms with Gasteiger partial charge in [0.15, 0.2) is 5.82 Å². The van der Waals surface area contributed by atoms with Crippen molar-refractivity contribution in [3.05, 3.63) is 41.9 Å². The maximum atomic E-state index is 13.0. The average molecular weight is 367 g/mol. The number of benzene rings is 1. The topological polar surface area (TPSA) is 92.5 Å². The van der Waals surface area contributed by atoms with Crippen LogP contribution in [0.15, 0.2) is 39.8 Å². The number of halogens is 1. The van der Waals surface area contributed by atoms with Gasteiger partial charge in [-0.25, -0.2) is 12.8 Å². The molecule has 1 atom stereocenters. The van der Waals surface area contributed by atoms with Crippen LogP contribution in [0.1, 0.15) is 18.6 Å². The Labute approximate surface area is 144 Å². The lowest BCUT2D eigenvalue weighted by Gasteiger charge is -2.31. The minimum atomic E-state index is -3.76. The first-order valence-electron chi connectivity index (χ1n) is 7.86. The summed E-state index contributed by atoms with van der Waals surface area (Å²) in [5.74, 6) is -0.411. The highest BCUT2D eigenvalue weighted by molar-refractivity contribution is 7.89. The SMILES string of the molecule is Cc1cc(NC(=O)C2CCCN(S(=O)(=O)c3ccc(F)cc3)C2)no1. The number of nitrogens with zero attached hydrogens (tertiary/aromatic N) is 2. The van der Waals surface area contributed by atoms with Crippen molar-refractivity contribution in [1.82, 2.24) is 9.46 Å². The molecule has 7 nitrogen and oxygen atoms in total. The zero-order valence-corrected chi connectivity index (χ0v) is 14.4. The van der Waals surface area contributed by atoms with E-state index in [0.29, 0.717) is 31.0 Å². The predicted octanol–water partition coefficient (Wildman–Crippen LogP) is 2.16. The number of sulfonamides is 1. The first-order valence-corrected chi connectivity index (χ1v) is 9.30. The first kappa shape index (κ1) is 17.6. The fraction of sp³-hybridized carbons (Fsp3) is 0.375. The summed E-state index contributed by atoms with van der Waals surface area (Å²) in [5, 5.41) is 6.34. The van der Waals surface area contributed by atoms with Gasteiger partial charge in [-0.1, -0.05) is 5.16 Å². The third-order valence-electron chi connectivity index (χ3n) is 4.09. The van der Waals surface area contributed by atoms with E-state index in [1.54, 1.807) is 13.0 Å². The van der Waals surface area contributed by atoms with Crippen LogP contribution in [-0.4, -0.2) is 36.9 Å². The van der Waals surface area contributed by atoms with Crippen LogP contribution in [0.2, 0.25) is 0 Å². The molecule has 1 N–H and O–H groups in total. The molecule has 1 unspecified atom stereocenters. The van der Waals surface area contributed by atoms with Crippen LogP contribution in [-0.2, 0) is 14.8 Å². The van der Waals surface area contributed by atoms with Crippen molar-refractivity contribution in [1.29, 1.82) is 0 Å². The third-order valence-corrected chi connectivity index (χ3v) is 5.96. The van der Waals surface area contributed by atoms with E-state index in [9.17, 15) is 17.6 Å². The van der Waals surface area contributed by atoms with Crippen molar-refractivity contribution >= 4 is 21.7 Å². The summed E-state index contributed by atoms with van der Waals surface area (Å²) in [6.45, 7) is 2.11. The summed E-state index contributed by atoms with van der Waals surface area (Å²) >= 11 is 0. The van der Waals surface area contributed by atoms with Crippen LogP contribution in [0.3, 0.4) is 0 Å². The number of rotatable bonds is 4. The molecule has 0 saturated carbocycles. The number of hydrogen-bond acceptors (Lipinski definition) is 5. The van der Waals surface area contributed by atoms with E-state index in [-0.39, 0.29) is 17.3 Å². The van der Waals surface area contributed by atoms with Gasteiger partial charge in [-0.05, 0) is 44.0 Å². The Bertz CT molecular complexity index is 864. The van der Waals surface area contributed by atoms with E-state index < -0.39 is 21.8 Å². The minimum Gasteiger partial charge on any atom is -0.360 e. The van der Waals surface area contributed by atoms with Crippen molar-refractivity contribution in [3.63, 3.8) is 0 Å². The monoisotopic (exact) mass is 367 g/mol. The minimum absolute atomic E-state index is 0.0158. The Morgan fingerprint density at radius 1 is 1.36 bits per heavy atom. The number of anilines is 1. The lowest BCUT2D eigenvalue weighted by Crippen LogP contribution is -2.43. The van der Waals surface area contributed by atoms with Crippen molar-refractivity contribution in [2.24, 2.45) is 5.92 Å². The molecule has 1 saturated heterocycles. The quantitative estimate of drug-likeness (QED) is 0.894. The van der Waals surface area contributed by atoms with Crippen molar-refractivity contribution < 1.29 is 22.1 Å². The fourth-order valence-corrected chi connectivity index (χ4v) is 4.31. The number of nitrogens with one attached hydrogen (secondary N) is 1. The average Bonchev–Trinajstić information content (AvgIpc) is 3.00. The van der Waals surface area contributed by atoms with Gasteiger partial charge in [0.2, 0.25) is 15.9 Å². The molecule has 0 aliphatic carbocycles. The summed E-state index contributed by atoms with van der Waals surface area (Å²) in [6.07, 6.45) is 1.15. The standard InChI is InChI=1S/C16H18FN3O4S/c1-11-9-15(19-24-11)18-16(21)12-3-2-8-20(10-12)25(22,23)14-6-4-13(17)5-7-14/h4-7,9,12H,2-3,8,10H2,1H3,(H,18,19,21). The van der Waals surface area contributed by atoms with E-state index in [0.717, 1.165) is 12.1 Å². The second kappa shape index (κ2) is 6.93. The van der Waals surface area contributed by atoms with Crippen LogP contribution in [0.25, 0.3) is 0 Å². The number of piperidine rings is 1. The molecule has 1 fully saturated rings. The molecule has 3 rings (SSSR count). The van der Waals surface area contributed by atoms with E-state index >= 15 is 0 Å². The van der Waals surface area contributed by atoms with Gasteiger partial charge in [-0.15, -0.1) is 0 Å². The highest BCUT2D eigenvalue weighted by Crippen LogP contribution is 2.25. The van der Waals surface area contributed by atoms with Gasteiger partial charge in [0, 0.05) is 19.2 Å². The maximum Gasteiger partial charge on any atom is 0.243 e. The Morgan fingerprint density at radius 2 is 2.08 bits per heavy atom. The lowest BCUT2D eigenvalue weighted by atomic mass is 9.99. The van der Waals surface area contributed by atoms with Crippen LogP contribution in [0.5, 0.6) is 0 Å². The summed E-state index contributed by atoms with van der Waals surface area (Å²) in [4.78, 5) is 12.4. The van der Waals surface area contributed by atoms with Crippen molar-refractivity contribution in [2.45, 2.75) is 24.7 Å². The second-order valence-electron chi connectivity index (χ2n) is 5.97. The number of amides is 1. The molecule has 0 spiro atoms. The number of carbonyl (C=O) groups is 1. The van der Waals surface area contributed by atoms with Gasteiger partial charge in [0.05, 0.1) is 10.8 Å². The van der Waals surface area contributed by atoms with Gasteiger partial charge in [0.25, 0.3) is 0 Å². The van der Waals surface area contributed by atoms with Gasteiger partial charge in [-0.2, -0.15) is 4.31 Å². The molecule has 0 radical (unpaired) electrons. The number of carbonyl (C=O) groups excluding carboxylic acids is 1. The van der Waals surface area contributed by atoms with E-state index in [2.05, 4.69) is 10.5 Å². The molecule has 134 valence electrons. The molecular weight excluding hydrogens is 349 g/mol. The van der Waals surface area contributed by atoms with Gasteiger partial charge in [0.1, 0.15) is 11.6 Å². The third kappa shape index (κ3) is 3.88. The molecule has 1 aliphatic heterocycles. The molecule has 1 amide bonds. The maximum absolute atomic E-state index is 13.0. The number of hydrogen-bond donors (Lipinski definition) is 1. The Hall–Kier alpha value is -2.26. The normalized spacial score (nSPS) is 18.9. The van der Waals surface area contributed by atoms with Gasteiger partial charge in [-0.3, -0.25) is 4.79 Å². The molecule has 2 aromatic rings. The van der Waals surface area contributed by atoms with E-state index in [4.69, 9.17) is 4.52 Å². The van der Waals surface area contributed by atoms with E-state index in [1.165, 1.54) is 16.4 Å². The molecule has 1 aromatic carbocycles. The Balaban J connectivity index is 1.71. The fourth-order valence-electron chi connectivity index (χ4n) is 2.78. The summed E-state index contributed by atoms with van der Waals surface area (Å²) in [5.41, 5.74) is 0. The largest absolute Gasteiger partial charge is 0.360 e. The molecular formula is C16H18FN3O4S. The van der Waals surface area contributed by atoms with Crippen LogP contribution in [0.4, 0.5) is 10.2 Å². The number of aryl methyl sites for hydroxylation is 1. The Morgan fingerprint density at radius 3 is 2.72 bits per heavy atom. The highest BCUT2D eigenvalue weighted by Gasteiger charge is 2.33. The van der Waals surface area contributed by atoms with E-state index in [1.807, 2.05) is 0 Å². The Kier molecular flexibility index (Phi) is 4.87. The lowest BCUT2D eigenvalue weighted by molar-refractivity contribution is -0.120. The molecule has 1 aromatic heterocycles. The zero-order chi connectivity index (χ0) is 18.0. The van der Waals surface area contributed by atoms with Gasteiger partial charge < -0.3 is 9.84 Å². The molecule has 25 heavy (non-hydrogen) atoms. The summed E-state index contributed by atoms with van der Waals surface area (Å²) < 4.78 is 44.5. The first-order chi connectivity index (χ1) is 11.9. The van der Waals surface area contributed by atoms with Crippen molar-refractivity contribution in [2.75, 3.05) is 18.4 Å². The highest BCUT2D eigenvalue weighted by atomic mass is 32.2. The van der Waals surface area contributed by atoms with Gasteiger partial charge >= 0.3 is 0 Å². The zero-order valence-electron chi connectivity index (χ0n) is 13.6. The molecule has 0 bridgehead atoms. The molecule has 9 heteroatoms.